The Balaban J connectivity index is 2.30. The molecule has 5 heteroatoms. The zero-order chi connectivity index (χ0) is 15.6. The summed E-state index contributed by atoms with van der Waals surface area (Å²) in [5, 5.41) is 8.32. The Bertz CT molecular complexity index is 639. The number of fused-ring (bicyclic) bond motifs is 1. The minimum absolute atomic E-state index is 0.0239. The number of carbonyl (C=O) groups excluding carboxylic acids is 1. The number of amides is 1. The number of nitrogens with one attached hydrogen (secondary N) is 1. The number of rotatable bonds is 4. The molecule has 1 atom stereocenters. The van der Waals surface area contributed by atoms with Crippen LogP contribution in [0.15, 0.2) is 24.3 Å². The smallest absolute Gasteiger partial charge is 0.272 e. The van der Waals surface area contributed by atoms with Crippen LogP contribution in [0.4, 0.5) is 0 Å². The highest BCUT2D eigenvalue weighted by atomic mass is 16.2. The lowest BCUT2D eigenvalue weighted by molar-refractivity contribution is 0.0894. The Hall–Kier alpha value is -1.88. The molecular formula is C16H24N4O. The van der Waals surface area contributed by atoms with E-state index in [1.54, 1.807) is 4.68 Å². The summed E-state index contributed by atoms with van der Waals surface area (Å²) < 4.78 is 1.74. The third-order valence-electron chi connectivity index (χ3n) is 3.78. The van der Waals surface area contributed by atoms with Crippen molar-refractivity contribution in [2.45, 2.75) is 33.2 Å². The molecule has 1 aromatic heterocycles. The first-order valence-corrected chi connectivity index (χ1v) is 7.27. The quantitative estimate of drug-likeness (QED) is 0.904. The predicted octanol–water partition coefficient (Wildman–Crippen LogP) is 2.07. The number of hydrogen-bond acceptors (Lipinski definition) is 3. The van der Waals surface area contributed by atoms with Crippen LogP contribution in [-0.4, -0.2) is 28.3 Å². The zero-order valence-electron chi connectivity index (χ0n) is 13.2. The summed E-state index contributed by atoms with van der Waals surface area (Å²) in [6.07, 6.45) is 0.750. The van der Waals surface area contributed by atoms with Crippen molar-refractivity contribution in [2.75, 3.05) is 6.54 Å². The van der Waals surface area contributed by atoms with Gasteiger partial charge < -0.3 is 11.1 Å². The number of aryl methyl sites for hydroxylation is 1. The Labute approximate surface area is 125 Å². The van der Waals surface area contributed by atoms with Crippen LogP contribution < -0.4 is 11.1 Å². The molecule has 0 spiro atoms. The molecule has 1 heterocycles. The second kappa shape index (κ2) is 5.85. The molecule has 0 bridgehead atoms. The van der Waals surface area contributed by atoms with E-state index in [2.05, 4.69) is 31.2 Å². The minimum atomic E-state index is -0.139. The minimum Gasteiger partial charge on any atom is -0.347 e. The summed E-state index contributed by atoms with van der Waals surface area (Å²) in [5.41, 5.74) is 7.05. The number of benzene rings is 1. The second-order valence-corrected chi connectivity index (χ2v) is 6.46. The van der Waals surface area contributed by atoms with E-state index >= 15 is 0 Å². The van der Waals surface area contributed by atoms with Gasteiger partial charge in [0.1, 0.15) is 0 Å². The largest absolute Gasteiger partial charge is 0.347 e. The molecule has 3 N–H and O–H groups in total. The van der Waals surface area contributed by atoms with Crippen molar-refractivity contribution in [1.82, 2.24) is 15.1 Å². The van der Waals surface area contributed by atoms with Crippen LogP contribution >= 0.6 is 0 Å². The average molecular weight is 288 g/mol. The van der Waals surface area contributed by atoms with Crippen LogP contribution in [0.25, 0.3) is 10.9 Å². The first-order valence-electron chi connectivity index (χ1n) is 7.27. The summed E-state index contributed by atoms with van der Waals surface area (Å²) >= 11 is 0. The molecule has 5 nitrogen and oxygen atoms in total. The van der Waals surface area contributed by atoms with E-state index in [0.29, 0.717) is 12.2 Å². The molecule has 2 aromatic rings. The molecule has 2 rings (SSSR count). The van der Waals surface area contributed by atoms with Gasteiger partial charge in [0.2, 0.25) is 0 Å². The fourth-order valence-corrected chi connectivity index (χ4v) is 2.50. The Kier molecular flexibility index (Phi) is 4.32. The van der Waals surface area contributed by atoms with Gasteiger partial charge in [-0.3, -0.25) is 9.48 Å². The van der Waals surface area contributed by atoms with Gasteiger partial charge in [-0.25, -0.2) is 0 Å². The van der Waals surface area contributed by atoms with Crippen molar-refractivity contribution in [3.8, 4) is 0 Å². The molecule has 0 saturated heterocycles. The van der Waals surface area contributed by atoms with E-state index in [-0.39, 0.29) is 17.4 Å². The van der Waals surface area contributed by atoms with Crippen molar-refractivity contribution in [3.05, 3.63) is 30.0 Å². The fourth-order valence-electron chi connectivity index (χ4n) is 2.50. The molecule has 1 aromatic carbocycles. The van der Waals surface area contributed by atoms with Crippen molar-refractivity contribution in [1.29, 1.82) is 0 Å². The standard InChI is InChI=1S/C16H24N4O/c1-16(2,3)13(9-10-17)18-15(21)14-11-7-5-6-8-12(11)20(4)19-14/h5-8,13H,9-10,17H2,1-4H3,(H,18,21). The number of nitrogens with zero attached hydrogens (tertiary/aromatic N) is 2. The van der Waals surface area contributed by atoms with E-state index < -0.39 is 0 Å². The van der Waals surface area contributed by atoms with Gasteiger partial charge in [0.25, 0.3) is 5.91 Å². The van der Waals surface area contributed by atoms with Gasteiger partial charge >= 0.3 is 0 Å². The number of nitrogens with two attached hydrogens (primary N) is 1. The van der Waals surface area contributed by atoms with Crippen LogP contribution in [0.1, 0.15) is 37.7 Å². The normalized spacial score (nSPS) is 13.4. The van der Waals surface area contributed by atoms with E-state index in [4.69, 9.17) is 5.73 Å². The fraction of sp³-hybridized carbons (Fsp3) is 0.500. The number of carbonyl (C=O) groups is 1. The second-order valence-electron chi connectivity index (χ2n) is 6.46. The molecule has 0 aliphatic heterocycles. The van der Waals surface area contributed by atoms with Crippen LogP contribution in [0.5, 0.6) is 0 Å². The summed E-state index contributed by atoms with van der Waals surface area (Å²) in [5.74, 6) is -0.139. The molecule has 0 saturated carbocycles. The van der Waals surface area contributed by atoms with Crippen LogP contribution in [-0.2, 0) is 7.05 Å². The SMILES string of the molecule is Cn1nc(C(=O)NC(CCN)C(C)(C)C)c2ccccc21. The zero-order valence-corrected chi connectivity index (χ0v) is 13.2. The van der Waals surface area contributed by atoms with Crippen LogP contribution in [0, 0.1) is 5.41 Å². The van der Waals surface area contributed by atoms with E-state index in [1.807, 2.05) is 31.3 Å². The van der Waals surface area contributed by atoms with Gasteiger partial charge in [0.05, 0.1) is 5.52 Å². The summed E-state index contributed by atoms with van der Waals surface area (Å²) in [6, 6.07) is 7.77. The number of hydrogen-bond donors (Lipinski definition) is 2. The van der Waals surface area contributed by atoms with Crippen LogP contribution in [0.2, 0.25) is 0 Å². The topological polar surface area (TPSA) is 72.9 Å². The van der Waals surface area contributed by atoms with Gasteiger partial charge in [0, 0.05) is 18.5 Å². The number of aromatic nitrogens is 2. The molecule has 114 valence electrons. The molecule has 0 aliphatic carbocycles. The summed E-state index contributed by atoms with van der Waals surface area (Å²) in [7, 11) is 1.85. The lowest BCUT2D eigenvalue weighted by atomic mass is 9.84. The van der Waals surface area contributed by atoms with Gasteiger partial charge in [-0.05, 0) is 24.4 Å². The summed E-state index contributed by atoms with van der Waals surface area (Å²) in [6.45, 7) is 6.85. The average Bonchev–Trinajstić information content (AvgIpc) is 2.75. The van der Waals surface area contributed by atoms with E-state index in [0.717, 1.165) is 17.3 Å². The maximum atomic E-state index is 12.6. The first kappa shape index (κ1) is 15.5. The Morgan fingerprint density at radius 1 is 1.38 bits per heavy atom. The van der Waals surface area contributed by atoms with Gasteiger partial charge in [-0.15, -0.1) is 0 Å². The monoisotopic (exact) mass is 288 g/mol. The van der Waals surface area contributed by atoms with Gasteiger partial charge in [-0.1, -0.05) is 39.0 Å². The highest BCUT2D eigenvalue weighted by Gasteiger charge is 2.27. The third kappa shape index (κ3) is 3.24. The van der Waals surface area contributed by atoms with Crippen LogP contribution in [0.3, 0.4) is 0 Å². The maximum absolute atomic E-state index is 12.6. The molecule has 1 amide bonds. The maximum Gasteiger partial charge on any atom is 0.272 e. The summed E-state index contributed by atoms with van der Waals surface area (Å²) in [4.78, 5) is 12.6. The van der Waals surface area contributed by atoms with E-state index in [1.165, 1.54) is 0 Å². The third-order valence-corrected chi connectivity index (χ3v) is 3.78. The molecule has 21 heavy (non-hydrogen) atoms. The Morgan fingerprint density at radius 3 is 2.67 bits per heavy atom. The molecule has 0 fully saturated rings. The molecule has 0 aliphatic rings. The molecular weight excluding hydrogens is 264 g/mol. The van der Waals surface area contributed by atoms with Crippen molar-refractivity contribution >= 4 is 16.8 Å². The Morgan fingerprint density at radius 2 is 2.05 bits per heavy atom. The lowest BCUT2D eigenvalue weighted by Crippen LogP contribution is -2.45. The van der Waals surface area contributed by atoms with Crippen molar-refractivity contribution in [3.63, 3.8) is 0 Å². The molecule has 1 unspecified atom stereocenters. The van der Waals surface area contributed by atoms with Crippen molar-refractivity contribution in [2.24, 2.45) is 18.2 Å². The highest BCUT2D eigenvalue weighted by Crippen LogP contribution is 2.23. The molecule has 0 radical (unpaired) electrons. The predicted molar refractivity (Wildman–Crippen MR) is 85.1 cm³/mol. The lowest BCUT2D eigenvalue weighted by Gasteiger charge is -2.31. The van der Waals surface area contributed by atoms with Gasteiger partial charge in [-0.2, -0.15) is 5.10 Å². The number of para-hydroxylation sites is 1. The van der Waals surface area contributed by atoms with E-state index in [9.17, 15) is 4.79 Å². The first-order chi connectivity index (χ1) is 9.84. The van der Waals surface area contributed by atoms with Gasteiger partial charge in [0.15, 0.2) is 5.69 Å². The van der Waals surface area contributed by atoms with Crippen molar-refractivity contribution < 1.29 is 4.79 Å². The highest BCUT2D eigenvalue weighted by molar-refractivity contribution is 6.04.